The first-order valence-electron chi connectivity index (χ1n) is 8.65. The Balaban J connectivity index is 1.97. The Morgan fingerprint density at radius 1 is 1.30 bits per heavy atom. The zero-order valence-electron chi connectivity index (χ0n) is 13.9. The van der Waals surface area contributed by atoms with Gasteiger partial charge in [0.2, 0.25) is 0 Å². The van der Waals surface area contributed by atoms with Gasteiger partial charge in [0.05, 0.1) is 0 Å². The van der Waals surface area contributed by atoms with E-state index in [2.05, 4.69) is 49.0 Å². The molecule has 0 amide bonds. The van der Waals surface area contributed by atoms with E-state index in [0.717, 1.165) is 23.3 Å². The van der Waals surface area contributed by atoms with E-state index >= 15 is 0 Å². The summed E-state index contributed by atoms with van der Waals surface area (Å²) in [5, 5.41) is 4.71. The lowest BCUT2D eigenvalue weighted by molar-refractivity contribution is 0.0564. The number of rotatable bonds is 5. The maximum absolute atomic E-state index is 3.80. The minimum absolute atomic E-state index is 0.715. The highest BCUT2D eigenvalue weighted by atomic mass is 32.2. The lowest BCUT2D eigenvalue weighted by Crippen LogP contribution is -2.60. The predicted molar refractivity (Wildman–Crippen MR) is 91.6 cm³/mol. The molecule has 1 heterocycles. The third kappa shape index (κ3) is 4.38. The molecule has 1 N–H and O–H groups in total. The zero-order chi connectivity index (χ0) is 14.5. The quantitative estimate of drug-likeness (QED) is 0.832. The molecule has 1 saturated carbocycles. The maximum atomic E-state index is 3.80. The van der Waals surface area contributed by atoms with Crippen LogP contribution in [0.15, 0.2) is 0 Å². The molecule has 0 aromatic rings. The van der Waals surface area contributed by atoms with Crippen molar-refractivity contribution in [3.8, 4) is 0 Å². The van der Waals surface area contributed by atoms with Crippen molar-refractivity contribution in [2.75, 3.05) is 19.3 Å². The van der Waals surface area contributed by atoms with Crippen LogP contribution in [-0.2, 0) is 0 Å². The first kappa shape index (κ1) is 16.6. The molecule has 118 valence electrons. The van der Waals surface area contributed by atoms with E-state index in [1.165, 1.54) is 51.6 Å². The van der Waals surface area contributed by atoms with Gasteiger partial charge in [-0.25, -0.2) is 0 Å². The number of nitrogens with zero attached hydrogens (tertiary/aromatic N) is 1. The van der Waals surface area contributed by atoms with Crippen molar-refractivity contribution in [3.05, 3.63) is 0 Å². The topological polar surface area (TPSA) is 15.3 Å². The fourth-order valence-corrected chi connectivity index (χ4v) is 4.89. The van der Waals surface area contributed by atoms with E-state index in [0.29, 0.717) is 6.04 Å². The summed E-state index contributed by atoms with van der Waals surface area (Å²) in [6.45, 7) is 9.54. The molecular weight excluding hydrogens is 264 g/mol. The number of nitrogens with one attached hydrogen (secondary N) is 1. The van der Waals surface area contributed by atoms with Crippen molar-refractivity contribution in [2.45, 2.75) is 82.7 Å². The highest BCUT2D eigenvalue weighted by molar-refractivity contribution is 7.99. The molecule has 4 atom stereocenters. The van der Waals surface area contributed by atoms with Gasteiger partial charge in [-0.2, -0.15) is 11.8 Å². The summed E-state index contributed by atoms with van der Waals surface area (Å²) in [5.41, 5.74) is 0. The van der Waals surface area contributed by atoms with Crippen LogP contribution in [0.25, 0.3) is 0 Å². The maximum Gasteiger partial charge on any atom is 0.0221 e. The van der Waals surface area contributed by atoms with Gasteiger partial charge >= 0.3 is 0 Å². The highest BCUT2D eigenvalue weighted by Gasteiger charge is 2.34. The van der Waals surface area contributed by atoms with Crippen molar-refractivity contribution in [1.82, 2.24) is 10.2 Å². The Morgan fingerprint density at radius 2 is 2.10 bits per heavy atom. The van der Waals surface area contributed by atoms with Gasteiger partial charge in [0.1, 0.15) is 0 Å². The lowest BCUT2D eigenvalue weighted by atomic mass is 9.90. The SMILES string of the molecule is CCC1CNC(CC(C)C)CN1C1CCCC(SC)C1. The van der Waals surface area contributed by atoms with Gasteiger partial charge in [-0.05, 0) is 44.3 Å². The van der Waals surface area contributed by atoms with Crippen molar-refractivity contribution in [2.24, 2.45) is 5.92 Å². The fourth-order valence-electron chi connectivity index (χ4n) is 4.08. The molecule has 3 heteroatoms. The molecule has 20 heavy (non-hydrogen) atoms. The van der Waals surface area contributed by atoms with Crippen molar-refractivity contribution < 1.29 is 0 Å². The molecule has 2 nitrogen and oxygen atoms in total. The van der Waals surface area contributed by atoms with Crippen molar-refractivity contribution >= 4 is 11.8 Å². The minimum atomic E-state index is 0.715. The lowest BCUT2D eigenvalue weighted by Gasteiger charge is -2.47. The van der Waals surface area contributed by atoms with Gasteiger partial charge < -0.3 is 5.32 Å². The van der Waals surface area contributed by atoms with Crippen LogP contribution in [0.5, 0.6) is 0 Å². The van der Waals surface area contributed by atoms with Crippen molar-refractivity contribution in [1.29, 1.82) is 0 Å². The smallest absolute Gasteiger partial charge is 0.0221 e. The number of hydrogen-bond donors (Lipinski definition) is 1. The summed E-state index contributed by atoms with van der Waals surface area (Å²) in [7, 11) is 0. The van der Waals surface area contributed by atoms with Crippen LogP contribution in [0.3, 0.4) is 0 Å². The predicted octanol–water partition coefficient (Wildman–Crippen LogP) is 3.76. The Hall–Kier alpha value is 0.270. The van der Waals surface area contributed by atoms with Gasteiger partial charge in [0, 0.05) is 36.5 Å². The van der Waals surface area contributed by atoms with Gasteiger partial charge in [-0.1, -0.05) is 27.2 Å². The van der Waals surface area contributed by atoms with E-state index < -0.39 is 0 Å². The van der Waals surface area contributed by atoms with Gasteiger partial charge in [-0.15, -0.1) is 0 Å². The van der Waals surface area contributed by atoms with E-state index in [1.54, 1.807) is 0 Å². The number of thioether (sulfide) groups is 1. The average Bonchev–Trinajstić information content (AvgIpc) is 2.46. The molecule has 1 aliphatic heterocycles. The number of piperazine rings is 1. The van der Waals surface area contributed by atoms with Crippen LogP contribution in [0.1, 0.15) is 59.3 Å². The molecule has 1 aliphatic carbocycles. The van der Waals surface area contributed by atoms with E-state index in [1.807, 2.05) is 0 Å². The van der Waals surface area contributed by atoms with E-state index in [4.69, 9.17) is 0 Å². The fraction of sp³-hybridized carbons (Fsp3) is 1.00. The molecule has 2 aliphatic rings. The Morgan fingerprint density at radius 3 is 2.75 bits per heavy atom. The minimum Gasteiger partial charge on any atom is -0.311 e. The highest BCUT2D eigenvalue weighted by Crippen LogP contribution is 2.32. The molecule has 2 rings (SSSR count). The van der Waals surface area contributed by atoms with Crippen LogP contribution < -0.4 is 5.32 Å². The van der Waals surface area contributed by atoms with Crippen LogP contribution in [0.2, 0.25) is 0 Å². The average molecular weight is 299 g/mol. The number of hydrogen-bond acceptors (Lipinski definition) is 3. The van der Waals surface area contributed by atoms with Crippen LogP contribution in [0, 0.1) is 5.92 Å². The summed E-state index contributed by atoms with van der Waals surface area (Å²) in [6.07, 6.45) is 10.6. The van der Waals surface area contributed by atoms with Crippen molar-refractivity contribution in [3.63, 3.8) is 0 Å². The first-order chi connectivity index (χ1) is 9.63. The molecule has 0 aromatic heterocycles. The zero-order valence-corrected chi connectivity index (χ0v) is 14.7. The molecule has 2 fully saturated rings. The monoisotopic (exact) mass is 298 g/mol. The third-order valence-electron chi connectivity index (χ3n) is 5.17. The molecular formula is C17H34N2S. The molecule has 0 radical (unpaired) electrons. The normalized spacial score (nSPS) is 36.5. The Labute approximate surface area is 130 Å². The van der Waals surface area contributed by atoms with Gasteiger partial charge in [0.25, 0.3) is 0 Å². The molecule has 0 spiro atoms. The second kappa shape index (κ2) is 8.05. The first-order valence-corrected chi connectivity index (χ1v) is 9.94. The van der Waals surface area contributed by atoms with Crippen LogP contribution in [0.4, 0.5) is 0 Å². The molecule has 0 bridgehead atoms. The summed E-state index contributed by atoms with van der Waals surface area (Å²) in [5.74, 6) is 0.804. The van der Waals surface area contributed by atoms with E-state index in [-0.39, 0.29) is 0 Å². The standard InChI is InChI=1S/C17H34N2S/c1-5-15-11-18-14(9-13(2)3)12-19(15)16-7-6-8-17(10-16)20-4/h13-18H,5-12H2,1-4H3. The summed E-state index contributed by atoms with van der Waals surface area (Å²) < 4.78 is 0. The van der Waals surface area contributed by atoms with Crippen LogP contribution in [-0.4, -0.2) is 47.6 Å². The van der Waals surface area contributed by atoms with Gasteiger partial charge in [0.15, 0.2) is 0 Å². The summed E-state index contributed by atoms with van der Waals surface area (Å²) in [6, 6.07) is 2.33. The second-order valence-corrected chi connectivity index (χ2v) is 8.31. The summed E-state index contributed by atoms with van der Waals surface area (Å²) >= 11 is 2.09. The molecule has 0 aromatic carbocycles. The Kier molecular flexibility index (Phi) is 6.70. The summed E-state index contributed by atoms with van der Waals surface area (Å²) in [4.78, 5) is 2.88. The Bertz CT molecular complexity index is 282. The third-order valence-corrected chi connectivity index (χ3v) is 6.27. The molecule has 4 unspecified atom stereocenters. The molecule has 1 saturated heterocycles. The van der Waals surface area contributed by atoms with Crippen LogP contribution >= 0.6 is 11.8 Å². The largest absolute Gasteiger partial charge is 0.311 e. The van der Waals surface area contributed by atoms with E-state index in [9.17, 15) is 0 Å². The second-order valence-electron chi connectivity index (χ2n) is 7.17. The van der Waals surface area contributed by atoms with Gasteiger partial charge in [-0.3, -0.25) is 4.90 Å².